The zero-order chi connectivity index (χ0) is 26.8. The first kappa shape index (κ1) is 24.8. The minimum atomic E-state index is -0.342. The van der Waals surface area contributed by atoms with E-state index < -0.39 is 0 Å². The van der Waals surface area contributed by atoms with Crippen LogP contribution in [0, 0.1) is 5.82 Å². The number of anilines is 1. The SMILES string of the molecule is O=C(NCc1ccc2c(c1)OCO2)c1ccc2c(c1)N(Cc1ccc(F)cc1)C(=O)C(=Cc1ccccc1)S2. The molecule has 6 rings (SSSR count). The molecule has 0 saturated carbocycles. The van der Waals surface area contributed by atoms with Crippen molar-refractivity contribution in [2.45, 2.75) is 18.0 Å². The second-order valence-electron chi connectivity index (χ2n) is 9.09. The number of amides is 2. The number of thioether (sulfide) groups is 1. The number of carbonyl (C=O) groups is 2. The molecule has 1 N–H and O–H groups in total. The Balaban J connectivity index is 1.28. The van der Waals surface area contributed by atoms with Crippen LogP contribution in [0.4, 0.5) is 10.1 Å². The number of carbonyl (C=O) groups excluding carboxylic acids is 2. The zero-order valence-electron chi connectivity index (χ0n) is 20.7. The molecule has 39 heavy (non-hydrogen) atoms. The Labute approximate surface area is 229 Å². The van der Waals surface area contributed by atoms with E-state index in [1.54, 1.807) is 29.2 Å². The second kappa shape index (κ2) is 10.7. The fourth-order valence-corrected chi connectivity index (χ4v) is 5.46. The molecule has 6 nitrogen and oxygen atoms in total. The number of halogens is 1. The molecule has 4 aromatic carbocycles. The predicted octanol–water partition coefficient (Wildman–Crippen LogP) is 6.16. The normalized spacial score (nSPS) is 14.8. The van der Waals surface area contributed by atoms with Crippen molar-refractivity contribution in [3.63, 3.8) is 0 Å². The molecule has 0 bridgehead atoms. The molecule has 2 heterocycles. The molecule has 0 aliphatic carbocycles. The quantitative estimate of drug-likeness (QED) is 0.298. The lowest BCUT2D eigenvalue weighted by Gasteiger charge is -2.31. The Morgan fingerprint density at radius 1 is 0.923 bits per heavy atom. The number of rotatable bonds is 6. The molecule has 2 amide bonds. The molecule has 4 aromatic rings. The first-order valence-electron chi connectivity index (χ1n) is 12.4. The van der Waals surface area contributed by atoms with Gasteiger partial charge in [0.05, 0.1) is 17.1 Å². The molecule has 0 saturated heterocycles. The summed E-state index contributed by atoms with van der Waals surface area (Å²) >= 11 is 1.37. The number of ether oxygens (including phenoxy) is 2. The number of hydrogen-bond acceptors (Lipinski definition) is 5. The molecular weight excluding hydrogens is 515 g/mol. The van der Waals surface area contributed by atoms with Gasteiger partial charge in [-0.05, 0) is 65.2 Å². The van der Waals surface area contributed by atoms with E-state index in [9.17, 15) is 14.0 Å². The van der Waals surface area contributed by atoms with E-state index in [0.29, 0.717) is 34.2 Å². The maximum absolute atomic E-state index is 13.7. The summed E-state index contributed by atoms with van der Waals surface area (Å²) in [5.74, 6) is 0.551. The van der Waals surface area contributed by atoms with Crippen LogP contribution in [0.5, 0.6) is 11.5 Å². The van der Waals surface area contributed by atoms with E-state index in [1.165, 1.54) is 23.9 Å². The van der Waals surface area contributed by atoms with E-state index in [4.69, 9.17) is 9.47 Å². The van der Waals surface area contributed by atoms with E-state index in [2.05, 4.69) is 5.32 Å². The average molecular weight is 539 g/mol. The molecule has 0 aromatic heterocycles. The van der Waals surface area contributed by atoms with Gasteiger partial charge < -0.3 is 19.7 Å². The maximum atomic E-state index is 13.7. The molecule has 2 aliphatic heterocycles. The Morgan fingerprint density at radius 3 is 2.51 bits per heavy atom. The Kier molecular flexibility index (Phi) is 6.77. The predicted molar refractivity (Wildman–Crippen MR) is 148 cm³/mol. The number of fused-ring (bicyclic) bond motifs is 2. The highest BCUT2D eigenvalue weighted by molar-refractivity contribution is 8.04. The van der Waals surface area contributed by atoms with Crippen LogP contribution in [0.1, 0.15) is 27.0 Å². The van der Waals surface area contributed by atoms with Gasteiger partial charge in [0.1, 0.15) is 5.82 Å². The van der Waals surface area contributed by atoms with E-state index in [0.717, 1.165) is 21.6 Å². The van der Waals surface area contributed by atoms with Crippen LogP contribution in [0.2, 0.25) is 0 Å². The highest BCUT2D eigenvalue weighted by atomic mass is 32.2. The van der Waals surface area contributed by atoms with E-state index in [1.807, 2.05) is 60.7 Å². The van der Waals surface area contributed by atoms with Crippen LogP contribution < -0.4 is 19.7 Å². The van der Waals surface area contributed by atoms with Crippen molar-refractivity contribution < 1.29 is 23.5 Å². The molecule has 0 atom stereocenters. The van der Waals surface area contributed by atoms with Crippen molar-refractivity contribution in [1.29, 1.82) is 0 Å². The van der Waals surface area contributed by atoms with Crippen molar-refractivity contribution >= 4 is 35.3 Å². The monoisotopic (exact) mass is 538 g/mol. The van der Waals surface area contributed by atoms with Gasteiger partial charge >= 0.3 is 0 Å². The van der Waals surface area contributed by atoms with Crippen LogP contribution in [0.15, 0.2) is 101 Å². The van der Waals surface area contributed by atoms with Crippen molar-refractivity contribution in [2.24, 2.45) is 0 Å². The number of benzene rings is 4. The molecule has 0 fully saturated rings. The van der Waals surface area contributed by atoms with Gasteiger partial charge in [-0.2, -0.15) is 0 Å². The fraction of sp³-hybridized carbons (Fsp3) is 0.0968. The zero-order valence-corrected chi connectivity index (χ0v) is 21.5. The van der Waals surface area contributed by atoms with Gasteiger partial charge in [0.25, 0.3) is 11.8 Å². The average Bonchev–Trinajstić information content (AvgIpc) is 3.43. The lowest BCUT2D eigenvalue weighted by atomic mass is 10.1. The molecule has 2 aliphatic rings. The van der Waals surface area contributed by atoms with Crippen LogP contribution in [-0.4, -0.2) is 18.6 Å². The fourth-order valence-electron chi connectivity index (χ4n) is 4.42. The van der Waals surface area contributed by atoms with Gasteiger partial charge in [0.15, 0.2) is 11.5 Å². The molecule has 0 unspecified atom stereocenters. The van der Waals surface area contributed by atoms with Crippen molar-refractivity contribution in [3.05, 3.63) is 124 Å². The van der Waals surface area contributed by atoms with E-state index in [-0.39, 0.29) is 31.0 Å². The van der Waals surface area contributed by atoms with Crippen LogP contribution >= 0.6 is 11.8 Å². The molecule has 0 radical (unpaired) electrons. The van der Waals surface area contributed by atoms with Gasteiger partial charge in [0, 0.05) is 17.0 Å². The summed E-state index contributed by atoms with van der Waals surface area (Å²) in [4.78, 5) is 29.8. The molecule has 8 heteroatoms. The van der Waals surface area contributed by atoms with Gasteiger partial charge in [-0.15, -0.1) is 0 Å². The third-order valence-electron chi connectivity index (χ3n) is 6.43. The minimum absolute atomic E-state index is 0.182. The van der Waals surface area contributed by atoms with Crippen molar-refractivity contribution in [1.82, 2.24) is 5.32 Å². The largest absolute Gasteiger partial charge is 0.454 e. The minimum Gasteiger partial charge on any atom is -0.454 e. The van der Waals surface area contributed by atoms with Gasteiger partial charge in [0.2, 0.25) is 6.79 Å². The number of hydrogen-bond donors (Lipinski definition) is 1. The summed E-state index contributed by atoms with van der Waals surface area (Å²) in [7, 11) is 0. The summed E-state index contributed by atoms with van der Waals surface area (Å²) in [5.41, 5.74) is 3.64. The van der Waals surface area contributed by atoms with Crippen molar-refractivity contribution in [2.75, 3.05) is 11.7 Å². The second-order valence-corrected chi connectivity index (χ2v) is 10.2. The summed E-state index contributed by atoms with van der Waals surface area (Å²) in [6, 6.07) is 26.6. The lowest BCUT2D eigenvalue weighted by molar-refractivity contribution is -0.114. The summed E-state index contributed by atoms with van der Waals surface area (Å²) in [6.07, 6.45) is 1.86. The van der Waals surface area contributed by atoms with Crippen LogP contribution in [-0.2, 0) is 17.9 Å². The Bertz CT molecular complexity index is 1590. The summed E-state index contributed by atoms with van der Waals surface area (Å²) in [5, 5.41) is 2.94. The summed E-state index contributed by atoms with van der Waals surface area (Å²) < 4.78 is 24.3. The van der Waals surface area contributed by atoms with Crippen molar-refractivity contribution in [3.8, 4) is 11.5 Å². The number of nitrogens with one attached hydrogen (secondary N) is 1. The van der Waals surface area contributed by atoms with Gasteiger partial charge in [-0.1, -0.05) is 60.3 Å². The standard InChI is InChI=1S/C31H23FN2O4S/c32-24-10-6-21(7-11-24)18-34-25-16-23(30(35)33-17-22-8-12-26-27(14-22)38-19-37-26)9-13-28(25)39-29(31(34)36)15-20-4-2-1-3-5-20/h1-16H,17-19H2,(H,33,35). The summed E-state index contributed by atoms with van der Waals surface area (Å²) in [6.45, 7) is 0.734. The first-order valence-corrected chi connectivity index (χ1v) is 13.2. The Hall–Kier alpha value is -4.56. The van der Waals surface area contributed by atoms with E-state index >= 15 is 0 Å². The molecular formula is C31H23FN2O4S. The lowest BCUT2D eigenvalue weighted by Crippen LogP contribution is -2.34. The highest BCUT2D eigenvalue weighted by Crippen LogP contribution is 2.43. The third-order valence-corrected chi connectivity index (χ3v) is 7.51. The van der Waals surface area contributed by atoms with Crippen LogP contribution in [0.3, 0.4) is 0 Å². The maximum Gasteiger partial charge on any atom is 0.265 e. The van der Waals surface area contributed by atoms with Crippen LogP contribution in [0.25, 0.3) is 6.08 Å². The topological polar surface area (TPSA) is 67.9 Å². The molecule has 0 spiro atoms. The molecule has 194 valence electrons. The Morgan fingerprint density at radius 2 is 1.69 bits per heavy atom. The third kappa shape index (κ3) is 5.37. The van der Waals surface area contributed by atoms with Gasteiger partial charge in [-0.3, -0.25) is 9.59 Å². The number of nitrogens with zero attached hydrogens (tertiary/aromatic N) is 1. The smallest absolute Gasteiger partial charge is 0.265 e. The first-order chi connectivity index (χ1) is 19.0. The van der Waals surface area contributed by atoms with Gasteiger partial charge in [-0.25, -0.2) is 4.39 Å². The highest BCUT2D eigenvalue weighted by Gasteiger charge is 2.30.